The van der Waals surface area contributed by atoms with Gasteiger partial charge in [0, 0.05) is 12.1 Å². The predicted octanol–water partition coefficient (Wildman–Crippen LogP) is 1.08. The molecule has 2 N–H and O–H groups in total. The fourth-order valence-corrected chi connectivity index (χ4v) is 2.38. The minimum atomic E-state index is -0.424. The molecule has 0 amide bonds. The SMILES string of the molecule is O=c1cc(CN2CCCCCC2CO)occ1O. The third-order valence-corrected chi connectivity index (χ3v) is 3.44. The van der Waals surface area contributed by atoms with Gasteiger partial charge in [-0.25, -0.2) is 0 Å². The van der Waals surface area contributed by atoms with Crippen molar-refractivity contribution in [3.63, 3.8) is 0 Å². The second kappa shape index (κ2) is 6.02. The largest absolute Gasteiger partial charge is 0.502 e. The molecule has 1 unspecified atom stereocenters. The molecular weight excluding hydrogens is 234 g/mol. The Morgan fingerprint density at radius 1 is 1.39 bits per heavy atom. The number of aliphatic hydroxyl groups is 1. The molecule has 1 aromatic heterocycles. The second-order valence-corrected chi connectivity index (χ2v) is 4.75. The number of aromatic hydroxyl groups is 1. The highest BCUT2D eigenvalue weighted by Crippen LogP contribution is 2.19. The molecule has 1 atom stereocenters. The third-order valence-electron chi connectivity index (χ3n) is 3.44. The highest BCUT2D eigenvalue weighted by Gasteiger charge is 2.21. The molecule has 0 bridgehead atoms. The Morgan fingerprint density at radius 2 is 2.22 bits per heavy atom. The first-order valence-corrected chi connectivity index (χ1v) is 6.36. The summed E-state index contributed by atoms with van der Waals surface area (Å²) in [4.78, 5) is 13.5. The molecule has 2 rings (SSSR count). The van der Waals surface area contributed by atoms with Crippen LogP contribution in [0.25, 0.3) is 0 Å². The first kappa shape index (κ1) is 13.1. The summed E-state index contributed by atoms with van der Waals surface area (Å²) < 4.78 is 5.20. The van der Waals surface area contributed by atoms with Gasteiger partial charge in [0.2, 0.25) is 5.43 Å². The van der Waals surface area contributed by atoms with Gasteiger partial charge in [-0.1, -0.05) is 12.8 Å². The van der Waals surface area contributed by atoms with Crippen LogP contribution in [0, 0.1) is 0 Å². The highest BCUT2D eigenvalue weighted by molar-refractivity contribution is 5.15. The van der Waals surface area contributed by atoms with Crippen molar-refractivity contribution >= 4 is 0 Å². The van der Waals surface area contributed by atoms with E-state index in [-0.39, 0.29) is 18.4 Å². The summed E-state index contributed by atoms with van der Waals surface area (Å²) in [7, 11) is 0. The fourth-order valence-electron chi connectivity index (χ4n) is 2.38. The van der Waals surface area contributed by atoms with Crippen LogP contribution in [-0.4, -0.2) is 34.3 Å². The molecule has 1 fully saturated rings. The molecule has 1 aromatic rings. The summed E-state index contributed by atoms with van der Waals surface area (Å²) in [6, 6.07) is 1.45. The van der Waals surface area contributed by atoms with Gasteiger partial charge in [0.05, 0.1) is 13.2 Å². The zero-order valence-electron chi connectivity index (χ0n) is 10.3. The van der Waals surface area contributed by atoms with Crippen molar-refractivity contribution in [1.29, 1.82) is 0 Å². The van der Waals surface area contributed by atoms with E-state index in [9.17, 15) is 9.90 Å². The zero-order valence-corrected chi connectivity index (χ0v) is 10.3. The average Bonchev–Trinajstić information content (AvgIpc) is 2.59. The van der Waals surface area contributed by atoms with Crippen molar-refractivity contribution in [1.82, 2.24) is 4.90 Å². The quantitative estimate of drug-likeness (QED) is 0.843. The van der Waals surface area contributed by atoms with Gasteiger partial charge < -0.3 is 14.6 Å². The summed E-state index contributed by atoms with van der Waals surface area (Å²) in [5.41, 5.74) is -0.424. The number of rotatable bonds is 3. The van der Waals surface area contributed by atoms with Crippen LogP contribution < -0.4 is 5.43 Å². The van der Waals surface area contributed by atoms with E-state index in [1.165, 1.54) is 12.5 Å². The molecule has 0 aliphatic carbocycles. The van der Waals surface area contributed by atoms with Crippen LogP contribution in [0.4, 0.5) is 0 Å². The molecule has 0 aromatic carbocycles. The zero-order chi connectivity index (χ0) is 13.0. The minimum Gasteiger partial charge on any atom is -0.502 e. The number of hydrogen-bond donors (Lipinski definition) is 2. The van der Waals surface area contributed by atoms with Crippen LogP contribution in [-0.2, 0) is 6.54 Å². The lowest BCUT2D eigenvalue weighted by atomic mass is 10.1. The first-order chi connectivity index (χ1) is 8.70. The molecule has 1 saturated heterocycles. The lowest BCUT2D eigenvalue weighted by molar-refractivity contribution is 0.111. The molecular formula is C13H19NO4. The molecule has 100 valence electrons. The van der Waals surface area contributed by atoms with Crippen molar-refractivity contribution in [2.75, 3.05) is 13.2 Å². The van der Waals surface area contributed by atoms with Gasteiger partial charge in [-0.3, -0.25) is 9.69 Å². The highest BCUT2D eigenvalue weighted by atomic mass is 16.4. The van der Waals surface area contributed by atoms with Crippen molar-refractivity contribution in [3.05, 3.63) is 28.3 Å². The molecule has 5 nitrogen and oxygen atoms in total. The van der Waals surface area contributed by atoms with Gasteiger partial charge >= 0.3 is 0 Å². The first-order valence-electron chi connectivity index (χ1n) is 6.36. The molecule has 0 spiro atoms. The summed E-state index contributed by atoms with van der Waals surface area (Å²) in [5, 5.41) is 18.5. The van der Waals surface area contributed by atoms with Gasteiger partial charge in [-0.15, -0.1) is 0 Å². The van der Waals surface area contributed by atoms with Crippen LogP contribution >= 0.6 is 0 Å². The lowest BCUT2D eigenvalue weighted by Gasteiger charge is -2.27. The smallest absolute Gasteiger partial charge is 0.226 e. The summed E-state index contributed by atoms with van der Waals surface area (Å²) in [5.74, 6) is 0.159. The minimum absolute atomic E-state index is 0.127. The topological polar surface area (TPSA) is 73.9 Å². The van der Waals surface area contributed by atoms with Crippen molar-refractivity contribution in [3.8, 4) is 5.75 Å². The molecule has 1 aliphatic rings. The van der Waals surface area contributed by atoms with Gasteiger partial charge in [-0.2, -0.15) is 0 Å². The maximum absolute atomic E-state index is 11.3. The van der Waals surface area contributed by atoms with Gasteiger partial charge in [0.15, 0.2) is 5.75 Å². The maximum Gasteiger partial charge on any atom is 0.226 e. The Kier molecular flexibility index (Phi) is 4.38. The second-order valence-electron chi connectivity index (χ2n) is 4.75. The molecule has 1 aliphatic heterocycles. The Morgan fingerprint density at radius 3 is 2.94 bits per heavy atom. The van der Waals surface area contributed by atoms with E-state index >= 15 is 0 Å². The van der Waals surface area contributed by atoms with Gasteiger partial charge in [0.1, 0.15) is 12.0 Å². The number of aliphatic hydroxyl groups excluding tert-OH is 1. The third kappa shape index (κ3) is 3.11. The number of likely N-dealkylation sites (tertiary alicyclic amines) is 1. The lowest BCUT2D eigenvalue weighted by Crippen LogP contribution is -2.37. The Balaban J connectivity index is 2.10. The standard InChI is InChI=1S/C13H19NO4/c15-8-10-4-2-1-3-5-14(10)7-11-6-12(16)13(17)9-18-11/h6,9-10,15,17H,1-5,7-8H2. The average molecular weight is 253 g/mol. The van der Waals surface area contributed by atoms with Gasteiger partial charge in [0.25, 0.3) is 0 Å². The van der Waals surface area contributed by atoms with E-state index in [1.54, 1.807) is 0 Å². The fraction of sp³-hybridized carbons (Fsp3) is 0.615. The molecule has 0 radical (unpaired) electrons. The molecule has 5 heteroatoms. The van der Waals surface area contributed by atoms with Crippen LogP contribution in [0.2, 0.25) is 0 Å². The summed E-state index contributed by atoms with van der Waals surface area (Å²) in [6.07, 6.45) is 5.44. The van der Waals surface area contributed by atoms with E-state index in [4.69, 9.17) is 9.52 Å². The van der Waals surface area contributed by atoms with Gasteiger partial charge in [-0.05, 0) is 19.4 Å². The van der Waals surface area contributed by atoms with E-state index in [0.717, 1.165) is 32.1 Å². The van der Waals surface area contributed by atoms with E-state index in [0.29, 0.717) is 12.3 Å². The van der Waals surface area contributed by atoms with Crippen LogP contribution in [0.1, 0.15) is 31.4 Å². The summed E-state index contributed by atoms with van der Waals surface area (Å²) >= 11 is 0. The molecule has 18 heavy (non-hydrogen) atoms. The van der Waals surface area contributed by atoms with Crippen molar-refractivity contribution in [2.24, 2.45) is 0 Å². The Bertz CT molecular complexity index is 443. The van der Waals surface area contributed by atoms with Crippen molar-refractivity contribution in [2.45, 2.75) is 38.3 Å². The normalized spacial score (nSPS) is 21.7. The van der Waals surface area contributed by atoms with Crippen LogP contribution in [0.3, 0.4) is 0 Å². The summed E-state index contributed by atoms with van der Waals surface area (Å²) in [6.45, 7) is 1.53. The van der Waals surface area contributed by atoms with Crippen LogP contribution in [0.15, 0.2) is 21.5 Å². The predicted molar refractivity (Wildman–Crippen MR) is 66.4 cm³/mol. The monoisotopic (exact) mass is 253 g/mol. The maximum atomic E-state index is 11.3. The van der Waals surface area contributed by atoms with E-state index in [2.05, 4.69) is 4.90 Å². The van der Waals surface area contributed by atoms with E-state index < -0.39 is 5.43 Å². The number of hydrogen-bond acceptors (Lipinski definition) is 5. The molecule has 2 heterocycles. The Hall–Kier alpha value is -1.33. The molecule has 0 saturated carbocycles. The number of nitrogens with zero attached hydrogens (tertiary/aromatic N) is 1. The van der Waals surface area contributed by atoms with Crippen molar-refractivity contribution < 1.29 is 14.6 Å². The van der Waals surface area contributed by atoms with E-state index in [1.807, 2.05) is 0 Å². The van der Waals surface area contributed by atoms with Crippen LogP contribution in [0.5, 0.6) is 5.75 Å². The Labute approximate surface area is 106 Å².